The van der Waals surface area contributed by atoms with Gasteiger partial charge >= 0.3 is 0 Å². The number of nitrogens with zero attached hydrogens (tertiary/aromatic N) is 1. The second-order valence-corrected chi connectivity index (χ2v) is 4.70. The number of rotatable bonds is 6. The van der Waals surface area contributed by atoms with Crippen molar-refractivity contribution in [3.05, 3.63) is 29.3 Å². The summed E-state index contributed by atoms with van der Waals surface area (Å²) in [6, 6.07) is 2.28. The van der Waals surface area contributed by atoms with Gasteiger partial charge in [-0.2, -0.15) is 0 Å². The van der Waals surface area contributed by atoms with Crippen LogP contribution in [-0.4, -0.2) is 37.1 Å². The summed E-state index contributed by atoms with van der Waals surface area (Å²) in [6.07, 6.45) is 0.795. The van der Waals surface area contributed by atoms with Crippen LogP contribution in [0.1, 0.15) is 12.0 Å². The maximum atomic E-state index is 13.6. The lowest BCUT2D eigenvalue weighted by atomic mass is 10.2. The third-order valence-electron chi connectivity index (χ3n) is 2.41. The Kier molecular flexibility index (Phi) is 5.43. The zero-order valence-electron chi connectivity index (χ0n) is 10.5. The number of anilines is 1. The van der Waals surface area contributed by atoms with Crippen molar-refractivity contribution in [1.82, 2.24) is 4.90 Å². The van der Waals surface area contributed by atoms with E-state index >= 15 is 0 Å². The summed E-state index contributed by atoms with van der Waals surface area (Å²) in [5, 5.41) is 2.74. The summed E-state index contributed by atoms with van der Waals surface area (Å²) in [5.41, 5.74) is 5.39. The molecule has 0 aliphatic carbocycles. The monoisotopic (exact) mass is 273 g/mol. The molecule has 3 nitrogen and oxygen atoms in total. The average Bonchev–Trinajstić information content (AvgIpc) is 2.26. The van der Waals surface area contributed by atoms with E-state index in [1.165, 1.54) is 0 Å². The highest BCUT2D eigenvalue weighted by Gasteiger charge is 2.11. The summed E-state index contributed by atoms with van der Waals surface area (Å²) in [7, 11) is 3.89. The van der Waals surface area contributed by atoms with E-state index in [9.17, 15) is 8.78 Å². The number of hydrogen-bond acceptors (Lipinski definition) is 3. The summed E-state index contributed by atoms with van der Waals surface area (Å²) < 4.78 is 27.3. The molecule has 18 heavy (non-hydrogen) atoms. The molecule has 0 spiro atoms. The Morgan fingerprint density at radius 1 is 1.33 bits per heavy atom. The van der Waals surface area contributed by atoms with Crippen LogP contribution in [0.4, 0.5) is 14.5 Å². The van der Waals surface area contributed by atoms with Crippen LogP contribution in [0.5, 0.6) is 0 Å². The molecule has 0 aliphatic heterocycles. The first-order valence-corrected chi connectivity index (χ1v) is 6.00. The molecule has 0 saturated carbocycles. The minimum atomic E-state index is -0.678. The van der Waals surface area contributed by atoms with Crippen molar-refractivity contribution >= 4 is 22.9 Å². The molecule has 0 amide bonds. The van der Waals surface area contributed by atoms with Gasteiger partial charge in [0.1, 0.15) is 22.3 Å². The van der Waals surface area contributed by atoms with Gasteiger partial charge in [0, 0.05) is 12.1 Å². The molecule has 6 heteroatoms. The van der Waals surface area contributed by atoms with Crippen LogP contribution in [-0.2, 0) is 0 Å². The first-order chi connectivity index (χ1) is 8.41. The molecule has 1 rings (SSSR count). The van der Waals surface area contributed by atoms with Gasteiger partial charge in [0.05, 0.1) is 0 Å². The van der Waals surface area contributed by atoms with Crippen LogP contribution < -0.4 is 11.1 Å². The Bertz CT molecular complexity index is 412. The number of halogens is 2. The maximum absolute atomic E-state index is 13.6. The Morgan fingerprint density at radius 2 is 1.89 bits per heavy atom. The highest BCUT2D eigenvalue weighted by Crippen LogP contribution is 2.20. The van der Waals surface area contributed by atoms with E-state index in [0.29, 0.717) is 6.54 Å². The predicted molar refractivity (Wildman–Crippen MR) is 73.9 cm³/mol. The highest BCUT2D eigenvalue weighted by atomic mass is 32.1. The molecule has 0 aliphatic rings. The Morgan fingerprint density at radius 3 is 2.33 bits per heavy atom. The van der Waals surface area contributed by atoms with Crippen molar-refractivity contribution in [2.75, 3.05) is 32.5 Å². The van der Waals surface area contributed by atoms with Gasteiger partial charge in [0.2, 0.25) is 0 Å². The van der Waals surface area contributed by atoms with Gasteiger partial charge in [0.15, 0.2) is 0 Å². The van der Waals surface area contributed by atoms with Gasteiger partial charge in [-0.25, -0.2) is 8.78 Å². The summed E-state index contributed by atoms with van der Waals surface area (Å²) in [6.45, 7) is 1.35. The highest BCUT2D eigenvalue weighted by molar-refractivity contribution is 7.80. The Labute approximate surface area is 111 Å². The van der Waals surface area contributed by atoms with Crippen LogP contribution in [0.25, 0.3) is 0 Å². The normalized spacial score (nSPS) is 10.7. The Balaban J connectivity index is 2.69. The van der Waals surface area contributed by atoms with Gasteiger partial charge in [0.25, 0.3) is 0 Å². The molecule has 0 heterocycles. The van der Waals surface area contributed by atoms with E-state index in [4.69, 9.17) is 5.73 Å². The van der Waals surface area contributed by atoms with Crippen molar-refractivity contribution in [3.8, 4) is 0 Å². The average molecular weight is 273 g/mol. The van der Waals surface area contributed by atoms with E-state index in [-0.39, 0.29) is 16.2 Å². The van der Waals surface area contributed by atoms with E-state index in [0.717, 1.165) is 25.1 Å². The molecule has 3 N–H and O–H groups in total. The number of nitrogens with one attached hydrogen (secondary N) is 1. The predicted octanol–water partition coefficient (Wildman–Crippen LogP) is 1.96. The molecule has 0 aromatic heterocycles. The molecule has 1 aromatic carbocycles. The molecule has 0 bridgehead atoms. The van der Waals surface area contributed by atoms with Crippen molar-refractivity contribution in [2.45, 2.75) is 6.42 Å². The molecule has 100 valence electrons. The molecule has 0 fully saturated rings. The van der Waals surface area contributed by atoms with Gasteiger partial charge in [-0.15, -0.1) is 0 Å². The Hall–Kier alpha value is -1.27. The quantitative estimate of drug-likeness (QED) is 0.614. The second-order valence-electron chi connectivity index (χ2n) is 4.26. The smallest absolute Gasteiger partial charge is 0.150 e. The zero-order valence-corrected chi connectivity index (χ0v) is 11.3. The maximum Gasteiger partial charge on any atom is 0.150 e. The fraction of sp³-hybridized carbons (Fsp3) is 0.417. The van der Waals surface area contributed by atoms with Crippen molar-refractivity contribution in [1.29, 1.82) is 0 Å². The molecule has 1 aromatic rings. The number of thiocarbonyl (C=S) groups is 1. The molecular weight excluding hydrogens is 256 g/mol. The van der Waals surface area contributed by atoms with Crippen LogP contribution in [0, 0.1) is 11.6 Å². The van der Waals surface area contributed by atoms with E-state index in [1.54, 1.807) is 0 Å². The van der Waals surface area contributed by atoms with Crippen LogP contribution >= 0.6 is 12.2 Å². The summed E-state index contributed by atoms with van der Waals surface area (Å²) >= 11 is 4.68. The van der Waals surface area contributed by atoms with Gasteiger partial charge in [-0.1, -0.05) is 12.2 Å². The number of nitrogens with two attached hydrogens (primary N) is 1. The minimum Gasteiger partial charge on any atom is -0.389 e. The second kappa shape index (κ2) is 6.61. The minimum absolute atomic E-state index is 0.0213. The third kappa shape index (κ3) is 4.19. The summed E-state index contributed by atoms with van der Waals surface area (Å²) in [4.78, 5) is 1.98. The lowest BCUT2D eigenvalue weighted by Gasteiger charge is -2.12. The van der Waals surface area contributed by atoms with Gasteiger partial charge in [-0.05, 0) is 39.2 Å². The third-order valence-corrected chi connectivity index (χ3v) is 2.65. The number of benzene rings is 1. The van der Waals surface area contributed by atoms with Crippen molar-refractivity contribution in [2.24, 2.45) is 5.73 Å². The first kappa shape index (κ1) is 14.8. The van der Waals surface area contributed by atoms with E-state index in [1.807, 2.05) is 19.0 Å². The zero-order chi connectivity index (χ0) is 13.7. The van der Waals surface area contributed by atoms with Crippen LogP contribution in [0.15, 0.2) is 12.1 Å². The SMILES string of the molecule is CN(C)CCCNc1c(F)cc(C(N)=S)cc1F. The first-order valence-electron chi connectivity index (χ1n) is 5.59. The van der Waals surface area contributed by atoms with Crippen molar-refractivity contribution < 1.29 is 8.78 Å². The fourth-order valence-electron chi connectivity index (χ4n) is 1.49. The molecule has 0 atom stereocenters. The number of hydrogen-bond donors (Lipinski definition) is 2. The molecule has 0 radical (unpaired) electrons. The van der Waals surface area contributed by atoms with E-state index < -0.39 is 11.6 Å². The molecular formula is C12H17F2N3S. The largest absolute Gasteiger partial charge is 0.389 e. The fourth-order valence-corrected chi connectivity index (χ4v) is 1.61. The van der Waals surface area contributed by atoms with Crippen LogP contribution in [0.2, 0.25) is 0 Å². The molecule has 0 unspecified atom stereocenters. The standard InChI is InChI=1S/C12H17F2N3S/c1-17(2)5-3-4-16-11-9(13)6-8(12(15)18)7-10(11)14/h6-7,16H,3-5H2,1-2H3,(H2,15,18). The topological polar surface area (TPSA) is 41.3 Å². The van der Waals surface area contributed by atoms with Crippen molar-refractivity contribution in [3.63, 3.8) is 0 Å². The lowest BCUT2D eigenvalue weighted by Crippen LogP contribution is -2.17. The van der Waals surface area contributed by atoms with E-state index in [2.05, 4.69) is 17.5 Å². The van der Waals surface area contributed by atoms with Gasteiger partial charge < -0.3 is 16.0 Å². The van der Waals surface area contributed by atoms with Crippen LogP contribution in [0.3, 0.4) is 0 Å². The lowest BCUT2D eigenvalue weighted by molar-refractivity contribution is 0.405. The molecule has 0 saturated heterocycles. The van der Waals surface area contributed by atoms with Gasteiger partial charge in [-0.3, -0.25) is 0 Å². The summed E-state index contributed by atoms with van der Waals surface area (Å²) in [5.74, 6) is -1.36.